The number of allylic oxidation sites excluding steroid dienone is 2. The van der Waals surface area contributed by atoms with Gasteiger partial charge in [0, 0.05) is 26.1 Å². The van der Waals surface area contributed by atoms with Crippen LogP contribution in [0.1, 0.15) is 26.2 Å². The van der Waals surface area contributed by atoms with Gasteiger partial charge in [0.1, 0.15) is 0 Å². The Morgan fingerprint density at radius 1 is 1.53 bits per heavy atom. The van der Waals surface area contributed by atoms with Crippen LogP contribution in [0.3, 0.4) is 0 Å². The molecule has 3 heteroatoms. The highest BCUT2D eigenvalue weighted by Crippen LogP contribution is 2.08. The molecule has 1 aliphatic carbocycles. The first-order valence-corrected chi connectivity index (χ1v) is 5.69. The summed E-state index contributed by atoms with van der Waals surface area (Å²) < 4.78 is 5.02. The fraction of sp³-hybridized carbons (Fsp3) is 0.667. The van der Waals surface area contributed by atoms with Crippen LogP contribution in [-0.4, -0.2) is 31.1 Å². The summed E-state index contributed by atoms with van der Waals surface area (Å²) in [6, 6.07) is 0. The van der Waals surface area contributed by atoms with Gasteiger partial charge in [0.15, 0.2) is 6.29 Å². The number of rotatable bonds is 7. The minimum absolute atomic E-state index is 0.565. The van der Waals surface area contributed by atoms with Gasteiger partial charge in [0.05, 0.1) is 0 Å². The van der Waals surface area contributed by atoms with Crippen molar-refractivity contribution in [3.05, 3.63) is 23.8 Å². The van der Waals surface area contributed by atoms with E-state index in [0.29, 0.717) is 13.0 Å². The van der Waals surface area contributed by atoms with Crippen molar-refractivity contribution < 1.29 is 9.84 Å². The first kappa shape index (κ1) is 12.4. The van der Waals surface area contributed by atoms with Crippen molar-refractivity contribution in [3.8, 4) is 0 Å². The van der Waals surface area contributed by atoms with E-state index in [-0.39, 0.29) is 0 Å². The van der Waals surface area contributed by atoms with Crippen molar-refractivity contribution in [2.24, 2.45) is 0 Å². The van der Waals surface area contributed by atoms with Crippen molar-refractivity contribution in [2.75, 3.05) is 19.7 Å². The lowest BCUT2D eigenvalue weighted by Crippen LogP contribution is -2.23. The third-order valence-corrected chi connectivity index (χ3v) is 2.33. The monoisotopic (exact) mass is 211 g/mol. The number of hydrogen-bond donors (Lipinski definition) is 2. The fourth-order valence-corrected chi connectivity index (χ4v) is 1.53. The maximum atomic E-state index is 9.30. The molecule has 1 aliphatic rings. The van der Waals surface area contributed by atoms with E-state index < -0.39 is 6.29 Å². The Balaban J connectivity index is 2.01. The molecule has 0 aliphatic heterocycles. The average Bonchev–Trinajstić information content (AvgIpc) is 2.26. The molecule has 0 aromatic carbocycles. The Kier molecular flexibility index (Phi) is 6.32. The molecule has 0 radical (unpaired) electrons. The first-order chi connectivity index (χ1) is 7.33. The lowest BCUT2D eigenvalue weighted by Gasteiger charge is -2.12. The second-order valence-electron chi connectivity index (χ2n) is 3.63. The van der Waals surface area contributed by atoms with Gasteiger partial charge in [0.25, 0.3) is 0 Å². The van der Waals surface area contributed by atoms with Crippen LogP contribution >= 0.6 is 0 Å². The molecule has 0 saturated carbocycles. The Morgan fingerprint density at radius 3 is 3.07 bits per heavy atom. The topological polar surface area (TPSA) is 41.5 Å². The van der Waals surface area contributed by atoms with Gasteiger partial charge in [-0.2, -0.15) is 0 Å². The predicted molar refractivity (Wildman–Crippen MR) is 61.6 cm³/mol. The highest BCUT2D eigenvalue weighted by molar-refractivity contribution is 5.23. The summed E-state index contributed by atoms with van der Waals surface area (Å²) in [4.78, 5) is 0. The van der Waals surface area contributed by atoms with E-state index in [1.807, 2.05) is 6.92 Å². The average molecular weight is 211 g/mol. The van der Waals surface area contributed by atoms with Crippen molar-refractivity contribution in [1.82, 2.24) is 5.32 Å². The number of ether oxygens (including phenoxy) is 1. The van der Waals surface area contributed by atoms with E-state index in [2.05, 4.69) is 23.5 Å². The standard InChI is InChI=1S/C12H21NO2/c1-2-15-12(14)8-9-13-10-11-6-4-3-5-7-11/h4,6-7,12-14H,2-3,5,8-10H2,1H3. The van der Waals surface area contributed by atoms with E-state index >= 15 is 0 Å². The molecule has 1 rings (SSSR count). The molecule has 0 aromatic heterocycles. The van der Waals surface area contributed by atoms with Gasteiger partial charge >= 0.3 is 0 Å². The summed E-state index contributed by atoms with van der Waals surface area (Å²) in [7, 11) is 0. The van der Waals surface area contributed by atoms with Gasteiger partial charge in [-0.15, -0.1) is 0 Å². The van der Waals surface area contributed by atoms with Gasteiger partial charge in [-0.1, -0.05) is 18.2 Å². The van der Waals surface area contributed by atoms with Crippen molar-refractivity contribution in [2.45, 2.75) is 32.5 Å². The number of aliphatic hydroxyl groups is 1. The van der Waals surface area contributed by atoms with Gasteiger partial charge in [-0.25, -0.2) is 0 Å². The largest absolute Gasteiger partial charge is 0.368 e. The number of nitrogens with one attached hydrogen (secondary N) is 1. The molecule has 1 unspecified atom stereocenters. The van der Waals surface area contributed by atoms with Crippen LogP contribution in [0.2, 0.25) is 0 Å². The summed E-state index contributed by atoms with van der Waals surface area (Å²) >= 11 is 0. The molecule has 0 bridgehead atoms. The Labute approximate surface area is 91.8 Å². The molecular weight excluding hydrogens is 190 g/mol. The van der Waals surface area contributed by atoms with Gasteiger partial charge in [-0.3, -0.25) is 0 Å². The molecule has 0 amide bonds. The highest BCUT2D eigenvalue weighted by Gasteiger charge is 2.02. The zero-order valence-corrected chi connectivity index (χ0v) is 9.41. The fourth-order valence-electron chi connectivity index (χ4n) is 1.53. The number of aliphatic hydroxyl groups excluding tert-OH is 1. The highest BCUT2D eigenvalue weighted by atomic mass is 16.6. The lowest BCUT2D eigenvalue weighted by molar-refractivity contribution is -0.0975. The van der Waals surface area contributed by atoms with Crippen molar-refractivity contribution in [3.63, 3.8) is 0 Å². The van der Waals surface area contributed by atoms with Crippen LogP contribution in [0, 0.1) is 0 Å². The normalized spacial score (nSPS) is 17.6. The van der Waals surface area contributed by atoms with Crippen LogP contribution in [0.15, 0.2) is 23.8 Å². The quantitative estimate of drug-likeness (QED) is 0.496. The Bertz CT molecular complexity index is 224. The smallest absolute Gasteiger partial charge is 0.155 e. The van der Waals surface area contributed by atoms with Crippen LogP contribution in [0.4, 0.5) is 0 Å². The predicted octanol–water partition coefficient (Wildman–Crippen LogP) is 1.60. The summed E-state index contributed by atoms with van der Waals surface area (Å²) in [6.07, 6.45) is 8.94. The zero-order valence-electron chi connectivity index (χ0n) is 9.41. The third-order valence-electron chi connectivity index (χ3n) is 2.33. The molecule has 0 fully saturated rings. The summed E-state index contributed by atoms with van der Waals surface area (Å²) in [5.74, 6) is 0. The molecule has 3 nitrogen and oxygen atoms in total. The second kappa shape index (κ2) is 7.63. The molecule has 2 N–H and O–H groups in total. The number of hydrogen-bond acceptors (Lipinski definition) is 3. The van der Waals surface area contributed by atoms with Gasteiger partial charge in [-0.05, 0) is 25.3 Å². The van der Waals surface area contributed by atoms with E-state index in [1.165, 1.54) is 5.57 Å². The maximum absolute atomic E-state index is 9.30. The Morgan fingerprint density at radius 2 is 2.40 bits per heavy atom. The molecule has 0 aromatic rings. The maximum Gasteiger partial charge on any atom is 0.155 e. The van der Waals surface area contributed by atoms with Crippen molar-refractivity contribution in [1.29, 1.82) is 0 Å². The van der Waals surface area contributed by atoms with E-state index in [0.717, 1.165) is 25.9 Å². The minimum atomic E-state index is -0.627. The summed E-state index contributed by atoms with van der Waals surface area (Å²) in [5.41, 5.74) is 1.34. The van der Waals surface area contributed by atoms with Crippen LogP contribution in [0.25, 0.3) is 0 Å². The van der Waals surface area contributed by atoms with Crippen LogP contribution < -0.4 is 5.32 Å². The lowest BCUT2D eigenvalue weighted by atomic mass is 10.1. The molecule has 0 saturated heterocycles. The summed E-state index contributed by atoms with van der Waals surface area (Å²) in [5, 5.41) is 12.6. The van der Waals surface area contributed by atoms with Crippen LogP contribution in [0.5, 0.6) is 0 Å². The first-order valence-electron chi connectivity index (χ1n) is 5.69. The molecule has 0 spiro atoms. The van der Waals surface area contributed by atoms with Gasteiger partial charge in [0.2, 0.25) is 0 Å². The van der Waals surface area contributed by atoms with E-state index in [4.69, 9.17) is 4.74 Å². The van der Waals surface area contributed by atoms with Crippen molar-refractivity contribution >= 4 is 0 Å². The molecular formula is C12H21NO2. The molecule has 15 heavy (non-hydrogen) atoms. The molecule has 0 heterocycles. The van der Waals surface area contributed by atoms with E-state index in [9.17, 15) is 5.11 Å². The zero-order chi connectivity index (χ0) is 10.9. The molecule has 1 atom stereocenters. The third kappa shape index (κ3) is 5.72. The molecule has 86 valence electrons. The second-order valence-corrected chi connectivity index (χ2v) is 3.63. The van der Waals surface area contributed by atoms with Crippen LogP contribution in [-0.2, 0) is 4.74 Å². The Hall–Kier alpha value is -0.640. The van der Waals surface area contributed by atoms with Gasteiger partial charge < -0.3 is 15.2 Å². The SMILES string of the molecule is CCOC(O)CCNCC1=CCCC=C1. The minimum Gasteiger partial charge on any atom is -0.368 e. The summed E-state index contributed by atoms with van der Waals surface area (Å²) in [6.45, 7) is 4.12. The van der Waals surface area contributed by atoms with E-state index in [1.54, 1.807) is 0 Å².